The van der Waals surface area contributed by atoms with Crippen LogP contribution in [-0.2, 0) is 4.79 Å². The van der Waals surface area contributed by atoms with Gasteiger partial charge in [-0.2, -0.15) is 0 Å². The molecule has 0 radical (unpaired) electrons. The largest absolute Gasteiger partial charge is 0.478 e. The van der Waals surface area contributed by atoms with Crippen molar-refractivity contribution in [3.8, 4) is 5.75 Å². The Morgan fingerprint density at radius 2 is 1.75 bits per heavy atom. The molecule has 6 heteroatoms. The van der Waals surface area contributed by atoms with Crippen molar-refractivity contribution in [3.63, 3.8) is 0 Å². The Morgan fingerprint density at radius 1 is 1.12 bits per heavy atom. The van der Waals surface area contributed by atoms with Crippen LogP contribution in [0.1, 0.15) is 29.8 Å². The number of hydrogen-bond acceptors (Lipinski definition) is 3. The van der Waals surface area contributed by atoms with Gasteiger partial charge in [-0.15, -0.1) is 0 Å². The minimum atomic E-state index is -1.09. The van der Waals surface area contributed by atoms with Crippen molar-refractivity contribution in [3.05, 3.63) is 58.1 Å². The number of nitrogens with one attached hydrogen (secondary N) is 1. The van der Waals surface area contributed by atoms with Crippen molar-refractivity contribution in [1.82, 2.24) is 0 Å². The molecule has 2 rings (SSSR count). The zero-order valence-corrected chi connectivity index (χ0v) is 15.2. The van der Waals surface area contributed by atoms with Crippen molar-refractivity contribution in [2.24, 2.45) is 0 Å². The quantitative estimate of drug-likeness (QED) is 0.798. The van der Waals surface area contributed by atoms with Gasteiger partial charge < -0.3 is 15.2 Å². The molecule has 0 fully saturated rings. The van der Waals surface area contributed by atoms with Gasteiger partial charge in [0.25, 0.3) is 5.91 Å². The van der Waals surface area contributed by atoms with Crippen LogP contribution in [0.15, 0.2) is 46.9 Å². The van der Waals surface area contributed by atoms with E-state index in [0.29, 0.717) is 17.0 Å². The lowest BCUT2D eigenvalue weighted by Crippen LogP contribution is -2.42. The van der Waals surface area contributed by atoms with Crippen molar-refractivity contribution >= 4 is 33.5 Å². The first-order valence-electron chi connectivity index (χ1n) is 7.29. The minimum Gasteiger partial charge on any atom is -0.478 e. The van der Waals surface area contributed by atoms with E-state index in [9.17, 15) is 9.59 Å². The molecule has 0 saturated carbocycles. The molecule has 0 heterocycles. The van der Waals surface area contributed by atoms with Gasteiger partial charge in [0.1, 0.15) is 5.75 Å². The molecule has 0 spiro atoms. The van der Waals surface area contributed by atoms with Crippen molar-refractivity contribution < 1.29 is 19.4 Å². The minimum absolute atomic E-state index is 0.177. The molecule has 5 nitrogen and oxygen atoms in total. The van der Waals surface area contributed by atoms with Crippen LogP contribution in [-0.4, -0.2) is 22.6 Å². The van der Waals surface area contributed by atoms with E-state index in [4.69, 9.17) is 9.84 Å². The fourth-order valence-corrected chi connectivity index (χ4v) is 2.32. The number of carboxylic acids is 1. The Hall–Kier alpha value is -2.34. The zero-order chi connectivity index (χ0) is 17.9. The van der Waals surface area contributed by atoms with E-state index in [0.717, 1.165) is 4.47 Å². The van der Waals surface area contributed by atoms with Crippen LogP contribution in [0.4, 0.5) is 5.69 Å². The smallest absolute Gasteiger partial charge is 0.335 e. The number of hydrogen-bond donors (Lipinski definition) is 2. The Labute approximate surface area is 148 Å². The molecule has 0 unspecified atom stereocenters. The van der Waals surface area contributed by atoms with E-state index in [1.54, 1.807) is 39.0 Å². The average Bonchev–Trinajstić information content (AvgIpc) is 2.51. The second-order valence-corrected chi connectivity index (χ2v) is 6.77. The van der Waals surface area contributed by atoms with Gasteiger partial charge in [-0.25, -0.2) is 4.79 Å². The Balaban J connectivity index is 2.12. The van der Waals surface area contributed by atoms with E-state index >= 15 is 0 Å². The lowest BCUT2D eigenvalue weighted by molar-refractivity contribution is -0.128. The summed E-state index contributed by atoms with van der Waals surface area (Å²) in [6.07, 6.45) is 0. The number of aromatic carboxylic acids is 1. The second kappa shape index (κ2) is 7.05. The Morgan fingerprint density at radius 3 is 2.29 bits per heavy atom. The number of amides is 1. The van der Waals surface area contributed by atoms with Gasteiger partial charge in [-0.1, -0.05) is 15.9 Å². The number of carbonyl (C=O) groups excluding carboxylic acids is 1. The predicted molar refractivity (Wildman–Crippen MR) is 95.6 cm³/mol. The third-order valence-corrected chi connectivity index (χ3v) is 3.98. The van der Waals surface area contributed by atoms with Crippen LogP contribution >= 0.6 is 15.9 Å². The van der Waals surface area contributed by atoms with E-state index < -0.39 is 11.6 Å². The van der Waals surface area contributed by atoms with E-state index in [-0.39, 0.29) is 11.5 Å². The van der Waals surface area contributed by atoms with Gasteiger partial charge >= 0.3 is 5.97 Å². The van der Waals surface area contributed by atoms with Gasteiger partial charge in [0, 0.05) is 10.2 Å². The fraction of sp³-hybridized carbons (Fsp3) is 0.222. The summed E-state index contributed by atoms with van der Waals surface area (Å²) in [6.45, 7) is 5.08. The van der Waals surface area contributed by atoms with E-state index in [1.165, 1.54) is 12.1 Å². The van der Waals surface area contributed by atoms with Gasteiger partial charge in [-0.3, -0.25) is 4.79 Å². The second-order valence-electron chi connectivity index (χ2n) is 5.86. The molecular weight excluding hydrogens is 374 g/mol. The highest BCUT2D eigenvalue weighted by molar-refractivity contribution is 9.10. The first-order valence-corrected chi connectivity index (χ1v) is 8.08. The molecular formula is C18H18BrNO4. The van der Waals surface area contributed by atoms with Crippen molar-refractivity contribution in [1.29, 1.82) is 0 Å². The van der Waals surface area contributed by atoms with Crippen LogP contribution < -0.4 is 10.1 Å². The van der Waals surface area contributed by atoms with Crippen LogP contribution in [0.5, 0.6) is 5.75 Å². The number of benzene rings is 2. The molecule has 2 N–H and O–H groups in total. The summed E-state index contributed by atoms with van der Waals surface area (Å²) in [5, 5.41) is 11.8. The number of rotatable bonds is 5. The summed E-state index contributed by atoms with van der Waals surface area (Å²) < 4.78 is 6.69. The summed E-state index contributed by atoms with van der Waals surface area (Å²) in [5.74, 6) is -0.747. The molecule has 0 aliphatic carbocycles. The number of carbonyl (C=O) groups is 2. The molecule has 0 bridgehead atoms. The third-order valence-electron chi connectivity index (χ3n) is 3.46. The zero-order valence-electron chi connectivity index (χ0n) is 13.6. The van der Waals surface area contributed by atoms with Crippen LogP contribution in [0.25, 0.3) is 0 Å². The summed E-state index contributed by atoms with van der Waals surface area (Å²) in [6, 6.07) is 11.7. The summed E-state index contributed by atoms with van der Waals surface area (Å²) >= 11 is 3.35. The molecule has 0 atom stereocenters. The average molecular weight is 392 g/mol. The number of carboxylic acid groups (broad SMARTS) is 1. The maximum atomic E-state index is 12.5. The molecule has 0 saturated heterocycles. The highest BCUT2D eigenvalue weighted by Crippen LogP contribution is 2.23. The molecule has 2 aromatic rings. The summed E-state index contributed by atoms with van der Waals surface area (Å²) in [5.41, 5.74) is 0.308. The number of anilines is 1. The fourth-order valence-electron chi connectivity index (χ4n) is 2.05. The number of aryl methyl sites for hydroxylation is 1. The molecule has 2 aromatic carbocycles. The SMILES string of the molecule is Cc1cc(C(=O)O)ccc1NC(=O)C(C)(C)Oc1ccc(Br)cc1. The highest BCUT2D eigenvalue weighted by Gasteiger charge is 2.30. The Kier molecular flexibility index (Phi) is 5.29. The van der Waals surface area contributed by atoms with Gasteiger partial charge in [0.15, 0.2) is 5.60 Å². The molecule has 0 aromatic heterocycles. The first-order chi connectivity index (χ1) is 11.2. The Bertz CT molecular complexity index is 769. The first kappa shape index (κ1) is 18.0. The molecule has 0 aliphatic heterocycles. The lowest BCUT2D eigenvalue weighted by atomic mass is 10.1. The molecule has 1 amide bonds. The summed E-state index contributed by atoms with van der Waals surface area (Å²) in [4.78, 5) is 23.5. The van der Waals surface area contributed by atoms with Crippen LogP contribution in [0.3, 0.4) is 0 Å². The van der Waals surface area contributed by atoms with Crippen LogP contribution in [0, 0.1) is 6.92 Å². The topological polar surface area (TPSA) is 75.6 Å². The number of ether oxygens (including phenoxy) is 1. The highest BCUT2D eigenvalue weighted by atomic mass is 79.9. The normalized spacial score (nSPS) is 11.0. The predicted octanol–water partition coefficient (Wildman–Crippen LogP) is 4.25. The van der Waals surface area contributed by atoms with Crippen molar-refractivity contribution in [2.45, 2.75) is 26.4 Å². The van der Waals surface area contributed by atoms with Gasteiger partial charge in [0.2, 0.25) is 0 Å². The van der Waals surface area contributed by atoms with Crippen molar-refractivity contribution in [2.75, 3.05) is 5.32 Å². The summed E-state index contributed by atoms with van der Waals surface area (Å²) in [7, 11) is 0. The molecule has 126 valence electrons. The molecule has 0 aliphatic rings. The molecule has 24 heavy (non-hydrogen) atoms. The monoisotopic (exact) mass is 391 g/mol. The van der Waals surface area contributed by atoms with E-state index in [2.05, 4.69) is 21.2 Å². The standard InChI is InChI=1S/C18H18BrNO4/c1-11-10-12(16(21)22)4-9-15(11)20-17(23)18(2,3)24-14-7-5-13(19)6-8-14/h4-10H,1-3H3,(H,20,23)(H,21,22). The maximum absolute atomic E-state index is 12.5. The van der Waals surface area contributed by atoms with Gasteiger partial charge in [0.05, 0.1) is 5.56 Å². The number of halogens is 1. The van der Waals surface area contributed by atoms with Crippen LogP contribution in [0.2, 0.25) is 0 Å². The maximum Gasteiger partial charge on any atom is 0.335 e. The lowest BCUT2D eigenvalue weighted by Gasteiger charge is -2.25. The third kappa shape index (κ3) is 4.35. The van der Waals surface area contributed by atoms with E-state index in [1.807, 2.05) is 12.1 Å². The van der Waals surface area contributed by atoms with Gasteiger partial charge in [-0.05, 0) is 68.8 Å².